The number of ether oxygens (including phenoxy) is 2. The van der Waals surface area contributed by atoms with E-state index in [2.05, 4.69) is 22.2 Å². The van der Waals surface area contributed by atoms with Crippen LogP contribution in [0.1, 0.15) is 18.1 Å². The first-order valence-electron chi connectivity index (χ1n) is 6.54. The van der Waals surface area contributed by atoms with E-state index in [9.17, 15) is 0 Å². The Hall–Kier alpha value is -2.30. The van der Waals surface area contributed by atoms with Gasteiger partial charge in [-0.25, -0.2) is 4.98 Å². The highest BCUT2D eigenvalue weighted by Crippen LogP contribution is 2.33. The van der Waals surface area contributed by atoms with Crippen LogP contribution in [0.25, 0.3) is 0 Å². The first-order chi connectivity index (χ1) is 9.67. The number of aromatic nitrogens is 2. The lowest BCUT2D eigenvalue weighted by Gasteiger charge is -2.12. The first kappa shape index (κ1) is 14.1. The predicted molar refractivity (Wildman–Crippen MR) is 78.8 cm³/mol. The van der Waals surface area contributed by atoms with Gasteiger partial charge in [-0.15, -0.1) is 0 Å². The van der Waals surface area contributed by atoms with Gasteiger partial charge in [-0.3, -0.25) is 0 Å². The summed E-state index contributed by atoms with van der Waals surface area (Å²) in [6.07, 6.45) is 2.67. The Morgan fingerprint density at radius 2 is 2.05 bits per heavy atom. The molecule has 2 rings (SSSR count). The molecule has 2 aromatic rings. The molecule has 0 radical (unpaired) electrons. The van der Waals surface area contributed by atoms with Gasteiger partial charge in [0.15, 0.2) is 11.5 Å². The minimum Gasteiger partial charge on any atom is -0.493 e. The van der Waals surface area contributed by atoms with Crippen molar-refractivity contribution >= 4 is 5.95 Å². The van der Waals surface area contributed by atoms with Crippen molar-refractivity contribution in [2.24, 2.45) is 0 Å². The van der Waals surface area contributed by atoms with E-state index in [4.69, 9.17) is 9.47 Å². The minimum absolute atomic E-state index is 0.520. The predicted octanol–water partition coefficient (Wildman–Crippen LogP) is 3.19. The van der Waals surface area contributed by atoms with Crippen molar-refractivity contribution in [2.45, 2.75) is 20.3 Å². The second-order valence-electron chi connectivity index (χ2n) is 4.37. The molecule has 0 atom stereocenters. The van der Waals surface area contributed by atoms with Crippen molar-refractivity contribution in [1.29, 1.82) is 0 Å². The van der Waals surface area contributed by atoms with Crippen LogP contribution >= 0.6 is 0 Å². The van der Waals surface area contributed by atoms with Crippen LogP contribution in [0.3, 0.4) is 0 Å². The smallest absolute Gasteiger partial charge is 0.227 e. The Morgan fingerprint density at radius 1 is 1.25 bits per heavy atom. The molecule has 0 unspecified atom stereocenters. The standard InChI is InChI=1S/C15H19N3O2/c1-5-11-6-7-12(13(8-11)19-4)20-14-10(2)9-17-15(16-3)18-14/h6-9H,5H2,1-4H3,(H,16,17,18). The van der Waals surface area contributed by atoms with E-state index in [0.29, 0.717) is 23.3 Å². The third-order valence-electron chi connectivity index (χ3n) is 2.99. The van der Waals surface area contributed by atoms with Crippen molar-refractivity contribution in [3.63, 3.8) is 0 Å². The molecule has 106 valence electrons. The number of nitrogens with one attached hydrogen (secondary N) is 1. The SMILES string of the molecule is CCc1ccc(Oc2nc(NC)ncc2C)c(OC)c1. The number of methoxy groups -OCH3 is 1. The van der Waals surface area contributed by atoms with Crippen LogP contribution in [0.15, 0.2) is 24.4 Å². The fourth-order valence-corrected chi connectivity index (χ4v) is 1.77. The lowest BCUT2D eigenvalue weighted by atomic mass is 10.1. The maximum absolute atomic E-state index is 5.86. The quantitative estimate of drug-likeness (QED) is 0.906. The lowest BCUT2D eigenvalue weighted by molar-refractivity contribution is 0.372. The average molecular weight is 273 g/mol. The van der Waals surface area contributed by atoms with E-state index in [-0.39, 0.29) is 0 Å². The van der Waals surface area contributed by atoms with Gasteiger partial charge in [0, 0.05) is 18.8 Å². The minimum atomic E-state index is 0.520. The molecule has 0 bridgehead atoms. The van der Waals surface area contributed by atoms with Gasteiger partial charge in [0.05, 0.1) is 7.11 Å². The summed E-state index contributed by atoms with van der Waals surface area (Å²) in [4.78, 5) is 8.44. The summed E-state index contributed by atoms with van der Waals surface area (Å²) in [5.41, 5.74) is 2.06. The Labute approximate surface area is 119 Å². The molecular weight excluding hydrogens is 254 g/mol. The summed E-state index contributed by atoms with van der Waals surface area (Å²) >= 11 is 0. The van der Waals surface area contributed by atoms with Crippen molar-refractivity contribution < 1.29 is 9.47 Å². The van der Waals surface area contributed by atoms with Crippen LogP contribution in [0.2, 0.25) is 0 Å². The lowest BCUT2D eigenvalue weighted by Crippen LogP contribution is -2.00. The van der Waals surface area contributed by atoms with Gasteiger partial charge in [-0.2, -0.15) is 4.98 Å². The van der Waals surface area contributed by atoms with Crippen LogP contribution in [-0.4, -0.2) is 24.1 Å². The van der Waals surface area contributed by atoms with Gasteiger partial charge < -0.3 is 14.8 Å². The zero-order valence-electron chi connectivity index (χ0n) is 12.2. The maximum atomic E-state index is 5.86. The topological polar surface area (TPSA) is 56.3 Å². The van der Waals surface area contributed by atoms with E-state index >= 15 is 0 Å². The molecule has 0 saturated carbocycles. The van der Waals surface area contributed by atoms with E-state index in [1.54, 1.807) is 20.4 Å². The third-order valence-corrected chi connectivity index (χ3v) is 2.99. The summed E-state index contributed by atoms with van der Waals surface area (Å²) < 4.78 is 11.2. The van der Waals surface area contributed by atoms with Crippen molar-refractivity contribution in [3.05, 3.63) is 35.5 Å². The molecule has 0 aliphatic rings. The normalized spacial score (nSPS) is 10.2. The summed E-state index contributed by atoms with van der Waals surface area (Å²) in [5, 5.41) is 2.89. The molecule has 0 aliphatic heterocycles. The first-order valence-corrected chi connectivity index (χ1v) is 6.54. The van der Waals surface area contributed by atoms with E-state index in [1.807, 2.05) is 25.1 Å². The van der Waals surface area contributed by atoms with Gasteiger partial charge >= 0.3 is 0 Å². The molecule has 0 amide bonds. The van der Waals surface area contributed by atoms with E-state index in [0.717, 1.165) is 12.0 Å². The van der Waals surface area contributed by atoms with Gasteiger partial charge in [0.1, 0.15) is 0 Å². The molecule has 1 N–H and O–H groups in total. The van der Waals surface area contributed by atoms with Crippen LogP contribution in [-0.2, 0) is 6.42 Å². The molecule has 5 nitrogen and oxygen atoms in total. The van der Waals surface area contributed by atoms with Crippen molar-refractivity contribution in [2.75, 3.05) is 19.5 Å². The number of hydrogen-bond acceptors (Lipinski definition) is 5. The van der Waals surface area contributed by atoms with Crippen LogP contribution in [0.4, 0.5) is 5.95 Å². The fourth-order valence-electron chi connectivity index (χ4n) is 1.77. The highest BCUT2D eigenvalue weighted by Gasteiger charge is 2.10. The van der Waals surface area contributed by atoms with Gasteiger partial charge in [0.2, 0.25) is 11.8 Å². The summed E-state index contributed by atoms with van der Waals surface area (Å²) in [6.45, 7) is 4.00. The number of benzene rings is 1. The monoisotopic (exact) mass is 273 g/mol. The Balaban J connectivity index is 2.34. The number of hydrogen-bond donors (Lipinski definition) is 1. The zero-order valence-corrected chi connectivity index (χ0v) is 12.2. The second-order valence-corrected chi connectivity index (χ2v) is 4.37. The molecule has 0 spiro atoms. The molecule has 0 fully saturated rings. The zero-order chi connectivity index (χ0) is 14.5. The molecule has 5 heteroatoms. The molecule has 1 aromatic carbocycles. The number of anilines is 1. The van der Waals surface area contributed by atoms with Crippen LogP contribution < -0.4 is 14.8 Å². The molecule has 0 saturated heterocycles. The van der Waals surface area contributed by atoms with E-state index in [1.165, 1.54) is 5.56 Å². The number of nitrogens with zero attached hydrogens (tertiary/aromatic N) is 2. The molecular formula is C15H19N3O2. The van der Waals surface area contributed by atoms with Crippen LogP contribution in [0, 0.1) is 6.92 Å². The largest absolute Gasteiger partial charge is 0.493 e. The second kappa shape index (κ2) is 6.23. The number of rotatable bonds is 5. The van der Waals surface area contributed by atoms with E-state index < -0.39 is 0 Å². The van der Waals surface area contributed by atoms with Crippen molar-refractivity contribution in [1.82, 2.24) is 9.97 Å². The highest BCUT2D eigenvalue weighted by atomic mass is 16.5. The average Bonchev–Trinajstić information content (AvgIpc) is 2.49. The third kappa shape index (κ3) is 2.99. The Kier molecular flexibility index (Phi) is 4.40. The molecule has 1 aromatic heterocycles. The van der Waals surface area contributed by atoms with Gasteiger partial charge in [-0.05, 0) is 31.0 Å². The number of aryl methyl sites for hydroxylation is 2. The van der Waals surface area contributed by atoms with Crippen LogP contribution in [0.5, 0.6) is 17.4 Å². The van der Waals surface area contributed by atoms with Gasteiger partial charge in [-0.1, -0.05) is 13.0 Å². The molecule has 0 aliphatic carbocycles. The van der Waals surface area contributed by atoms with Gasteiger partial charge in [0.25, 0.3) is 0 Å². The molecule has 1 heterocycles. The highest BCUT2D eigenvalue weighted by molar-refractivity contribution is 5.46. The summed E-state index contributed by atoms with van der Waals surface area (Å²) in [5.74, 6) is 2.39. The molecule has 20 heavy (non-hydrogen) atoms. The summed E-state index contributed by atoms with van der Waals surface area (Å²) in [6, 6.07) is 5.90. The Bertz CT molecular complexity index is 600. The van der Waals surface area contributed by atoms with Crippen molar-refractivity contribution in [3.8, 4) is 17.4 Å². The summed E-state index contributed by atoms with van der Waals surface area (Å²) in [7, 11) is 3.40. The Morgan fingerprint density at radius 3 is 2.70 bits per heavy atom. The maximum Gasteiger partial charge on any atom is 0.227 e. The fraction of sp³-hybridized carbons (Fsp3) is 0.333.